The van der Waals surface area contributed by atoms with Gasteiger partial charge in [-0.3, -0.25) is 4.79 Å². The third kappa shape index (κ3) is 9.48. The summed E-state index contributed by atoms with van der Waals surface area (Å²) in [7, 11) is 0. The first-order valence-corrected chi connectivity index (χ1v) is 5.23. The smallest absolute Gasteiger partial charge is 0.243 e. The van der Waals surface area contributed by atoms with Crippen molar-refractivity contribution in [1.82, 2.24) is 5.32 Å². The molecule has 0 rings (SSSR count). The first kappa shape index (κ1) is 13.4. The molecule has 3 N–H and O–H groups in total. The molecule has 0 radical (unpaired) electrons. The number of ether oxygens (including phenoxy) is 1. The number of hydrogen-bond acceptors (Lipinski definition) is 3. The molecule has 0 aromatic heterocycles. The van der Waals surface area contributed by atoms with Gasteiger partial charge in [0.25, 0.3) is 0 Å². The summed E-state index contributed by atoms with van der Waals surface area (Å²) < 4.78 is 5.00. The van der Waals surface area contributed by atoms with Gasteiger partial charge in [-0.1, -0.05) is 20.3 Å². The van der Waals surface area contributed by atoms with E-state index in [1.54, 1.807) is 0 Å². The van der Waals surface area contributed by atoms with E-state index in [1.807, 2.05) is 0 Å². The van der Waals surface area contributed by atoms with E-state index >= 15 is 0 Å². The molecule has 0 spiro atoms. The maximum Gasteiger partial charge on any atom is 0.243 e. The van der Waals surface area contributed by atoms with Gasteiger partial charge in [0, 0.05) is 6.54 Å². The molecule has 84 valence electrons. The van der Waals surface area contributed by atoms with Crippen molar-refractivity contribution in [3.05, 3.63) is 0 Å². The summed E-state index contributed by atoms with van der Waals surface area (Å²) in [4.78, 5) is 10.3. The Balaban J connectivity index is 3.09. The lowest BCUT2D eigenvalue weighted by molar-refractivity contribution is -0.122. The van der Waals surface area contributed by atoms with E-state index in [0.717, 1.165) is 13.1 Å². The van der Waals surface area contributed by atoms with Gasteiger partial charge < -0.3 is 15.8 Å². The standard InChI is InChI=1S/C10H22N2O2/c1-3-4-9(2)7-12-5-6-14-8-10(11)13/h9,12H,3-8H2,1-2H3,(H2,11,13). The normalized spacial score (nSPS) is 12.7. The quantitative estimate of drug-likeness (QED) is 0.536. The predicted octanol–water partition coefficient (Wildman–Crippen LogP) is 0.514. The highest BCUT2D eigenvalue weighted by Crippen LogP contribution is 2.01. The van der Waals surface area contributed by atoms with Crippen LogP contribution in [0.2, 0.25) is 0 Å². The van der Waals surface area contributed by atoms with Crippen LogP contribution in [0.1, 0.15) is 26.7 Å². The molecule has 0 bridgehead atoms. The van der Waals surface area contributed by atoms with Crippen molar-refractivity contribution in [1.29, 1.82) is 0 Å². The number of primary amides is 1. The lowest BCUT2D eigenvalue weighted by Gasteiger charge is -2.10. The molecular formula is C10H22N2O2. The molecule has 14 heavy (non-hydrogen) atoms. The van der Waals surface area contributed by atoms with E-state index in [1.165, 1.54) is 12.8 Å². The van der Waals surface area contributed by atoms with Crippen LogP contribution in [0.15, 0.2) is 0 Å². The molecule has 0 saturated carbocycles. The van der Waals surface area contributed by atoms with Crippen LogP contribution in [0.25, 0.3) is 0 Å². The van der Waals surface area contributed by atoms with Gasteiger partial charge in [-0.2, -0.15) is 0 Å². The fourth-order valence-electron chi connectivity index (χ4n) is 1.26. The Bertz CT molecular complexity index is 151. The van der Waals surface area contributed by atoms with Crippen molar-refractivity contribution in [2.75, 3.05) is 26.3 Å². The highest BCUT2D eigenvalue weighted by atomic mass is 16.5. The number of nitrogens with one attached hydrogen (secondary N) is 1. The largest absolute Gasteiger partial charge is 0.370 e. The van der Waals surface area contributed by atoms with E-state index in [4.69, 9.17) is 10.5 Å². The van der Waals surface area contributed by atoms with Crippen LogP contribution in [0.5, 0.6) is 0 Å². The molecule has 1 atom stereocenters. The molecule has 4 nitrogen and oxygen atoms in total. The minimum atomic E-state index is -0.413. The minimum absolute atomic E-state index is 0.0200. The van der Waals surface area contributed by atoms with Gasteiger partial charge in [-0.15, -0.1) is 0 Å². The number of amides is 1. The second kappa shape index (κ2) is 8.97. The molecule has 0 aliphatic rings. The van der Waals surface area contributed by atoms with Gasteiger partial charge in [0.2, 0.25) is 5.91 Å². The van der Waals surface area contributed by atoms with E-state index in [0.29, 0.717) is 12.5 Å². The lowest BCUT2D eigenvalue weighted by Crippen LogP contribution is -2.27. The second-order valence-corrected chi connectivity index (χ2v) is 3.62. The van der Waals surface area contributed by atoms with Gasteiger partial charge in [0.15, 0.2) is 0 Å². The summed E-state index contributed by atoms with van der Waals surface area (Å²) in [5.41, 5.74) is 4.91. The molecular weight excluding hydrogens is 180 g/mol. The summed E-state index contributed by atoms with van der Waals surface area (Å²) in [6.45, 7) is 6.76. The first-order valence-electron chi connectivity index (χ1n) is 5.23. The summed E-state index contributed by atoms with van der Waals surface area (Å²) in [6.07, 6.45) is 2.47. The monoisotopic (exact) mass is 202 g/mol. The maximum atomic E-state index is 10.3. The Morgan fingerprint density at radius 3 is 2.86 bits per heavy atom. The topological polar surface area (TPSA) is 64.3 Å². The number of nitrogens with two attached hydrogens (primary N) is 1. The number of hydrogen-bond donors (Lipinski definition) is 2. The van der Waals surface area contributed by atoms with E-state index < -0.39 is 5.91 Å². The fourth-order valence-corrected chi connectivity index (χ4v) is 1.26. The van der Waals surface area contributed by atoms with Crippen LogP contribution < -0.4 is 11.1 Å². The third-order valence-corrected chi connectivity index (χ3v) is 1.94. The predicted molar refractivity (Wildman–Crippen MR) is 57.0 cm³/mol. The molecule has 1 unspecified atom stereocenters. The fraction of sp³-hybridized carbons (Fsp3) is 0.900. The van der Waals surface area contributed by atoms with Gasteiger partial charge in [-0.05, 0) is 18.9 Å². The molecule has 0 aromatic rings. The zero-order valence-corrected chi connectivity index (χ0v) is 9.21. The first-order chi connectivity index (χ1) is 6.66. The molecule has 0 fully saturated rings. The summed E-state index contributed by atoms with van der Waals surface area (Å²) >= 11 is 0. The summed E-state index contributed by atoms with van der Waals surface area (Å²) in [6, 6.07) is 0. The van der Waals surface area contributed by atoms with Crippen LogP contribution in [0.4, 0.5) is 0 Å². The highest BCUT2D eigenvalue weighted by molar-refractivity contribution is 5.74. The zero-order valence-electron chi connectivity index (χ0n) is 9.21. The van der Waals surface area contributed by atoms with E-state index in [9.17, 15) is 4.79 Å². The molecule has 4 heteroatoms. The molecule has 0 heterocycles. The number of rotatable bonds is 9. The van der Waals surface area contributed by atoms with Crippen molar-refractivity contribution < 1.29 is 9.53 Å². The Kier molecular flexibility index (Phi) is 8.57. The molecule has 0 saturated heterocycles. The van der Waals surface area contributed by atoms with Gasteiger partial charge >= 0.3 is 0 Å². The van der Waals surface area contributed by atoms with Crippen molar-refractivity contribution in [3.8, 4) is 0 Å². The van der Waals surface area contributed by atoms with Crippen molar-refractivity contribution in [3.63, 3.8) is 0 Å². The van der Waals surface area contributed by atoms with Crippen LogP contribution in [0, 0.1) is 5.92 Å². The SMILES string of the molecule is CCCC(C)CNCCOCC(N)=O. The summed E-state index contributed by atoms with van der Waals surface area (Å²) in [5, 5.41) is 3.27. The van der Waals surface area contributed by atoms with E-state index in [2.05, 4.69) is 19.2 Å². The number of carbonyl (C=O) groups excluding carboxylic acids is 1. The Labute approximate surface area is 86.2 Å². The Morgan fingerprint density at radius 2 is 2.29 bits per heavy atom. The number of carbonyl (C=O) groups is 1. The zero-order chi connectivity index (χ0) is 10.8. The van der Waals surface area contributed by atoms with E-state index in [-0.39, 0.29) is 6.61 Å². The Hall–Kier alpha value is -0.610. The van der Waals surface area contributed by atoms with Crippen LogP contribution in [-0.2, 0) is 9.53 Å². The molecule has 1 amide bonds. The van der Waals surface area contributed by atoms with Crippen molar-refractivity contribution >= 4 is 5.91 Å². The average molecular weight is 202 g/mol. The molecule has 0 aromatic carbocycles. The Morgan fingerprint density at radius 1 is 1.57 bits per heavy atom. The summed E-state index contributed by atoms with van der Waals surface area (Å²) in [5.74, 6) is 0.292. The maximum absolute atomic E-state index is 10.3. The van der Waals surface area contributed by atoms with Crippen molar-refractivity contribution in [2.24, 2.45) is 11.7 Å². The van der Waals surface area contributed by atoms with Gasteiger partial charge in [0.05, 0.1) is 6.61 Å². The lowest BCUT2D eigenvalue weighted by atomic mass is 10.1. The highest BCUT2D eigenvalue weighted by Gasteiger charge is 1.99. The van der Waals surface area contributed by atoms with Crippen LogP contribution in [-0.4, -0.2) is 32.2 Å². The molecule has 0 aliphatic carbocycles. The van der Waals surface area contributed by atoms with Crippen LogP contribution >= 0.6 is 0 Å². The minimum Gasteiger partial charge on any atom is -0.370 e. The van der Waals surface area contributed by atoms with Crippen LogP contribution in [0.3, 0.4) is 0 Å². The average Bonchev–Trinajstić information content (AvgIpc) is 2.11. The third-order valence-electron chi connectivity index (χ3n) is 1.94. The van der Waals surface area contributed by atoms with Gasteiger partial charge in [-0.25, -0.2) is 0 Å². The van der Waals surface area contributed by atoms with Crippen molar-refractivity contribution in [2.45, 2.75) is 26.7 Å². The second-order valence-electron chi connectivity index (χ2n) is 3.62. The van der Waals surface area contributed by atoms with Gasteiger partial charge in [0.1, 0.15) is 6.61 Å². The molecule has 0 aliphatic heterocycles.